The van der Waals surface area contributed by atoms with Crippen LogP contribution in [0.2, 0.25) is 0 Å². The van der Waals surface area contributed by atoms with Gasteiger partial charge in [-0.1, -0.05) is 18.2 Å². The average Bonchev–Trinajstić information content (AvgIpc) is 3.41. The zero-order valence-electron chi connectivity index (χ0n) is 15.1. The number of ether oxygens (including phenoxy) is 1. The van der Waals surface area contributed by atoms with Crippen LogP contribution in [0.1, 0.15) is 18.4 Å². The van der Waals surface area contributed by atoms with E-state index in [-0.39, 0.29) is 16.4 Å². The molecule has 1 fully saturated rings. The highest BCUT2D eigenvalue weighted by atomic mass is 32.2. The fourth-order valence-corrected chi connectivity index (χ4v) is 4.04. The summed E-state index contributed by atoms with van der Waals surface area (Å²) in [7, 11) is 0.176. The topological polar surface area (TPSA) is 79.5 Å². The second kappa shape index (κ2) is 7.73. The third-order valence-corrected chi connectivity index (χ3v) is 5.79. The Kier molecular flexibility index (Phi) is 5.60. The van der Waals surface area contributed by atoms with Crippen molar-refractivity contribution in [2.24, 2.45) is 5.92 Å². The van der Waals surface area contributed by atoms with Gasteiger partial charge in [-0.05, 0) is 50.6 Å². The van der Waals surface area contributed by atoms with Gasteiger partial charge in [0.05, 0.1) is 11.5 Å². The van der Waals surface area contributed by atoms with Gasteiger partial charge in [0.1, 0.15) is 0 Å². The van der Waals surface area contributed by atoms with Gasteiger partial charge in [0.15, 0.2) is 5.94 Å². The Morgan fingerprint density at radius 3 is 2.65 bits per heavy atom. The first-order valence-electron chi connectivity index (χ1n) is 8.63. The fraction of sp³-hybridized carbons (Fsp3) is 0.421. The van der Waals surface area contributed by atoms with Crippen molar-refractivity contribution in [3.8, 4) is 11.1 Å². The molecule has 7 heteroatoms. The van der Waals surface area contributed by atoms with Crippen LogP contribution in [0.4, 0.5) is 0 Å². The zero-order chi connectivity index (χ0) is 18.7. The SMILES string of the molecule is CN(C)Cc1cc(-c2ccccc2S(=O)(=O)COCC2CC2)c[nH]c1=O. The Balaban J connectivity index is 1.92. The molecule has 1 N–H and O–H groups in total. The lowest BCUT2D eigenvalue weighted by Crippen LogP contribution is -2.20. The quantitative estimate of drug-likeness (QED) is 0.764. The minimum Gasteiger partial charge on any atom is -0.365 e. The van der Waals surface area contributed by atoms with E-state index in [4.69, 9.17) is 4.74 Å². The summed E-state index contributed by atoms with van der Waals surface area (Å²) >= 11 is 0. The molecule has 0 unspecified atom stereocenters. The Morgan fingerprint density at radius 2 is 1.96 bits per heavy atom. The molecule has 2 aromatic rings. The molecule has 0 atom stereocenters. The zero-order valence-corrected chi connectivity index (χ0v) is 15.9. The molecule has 0 amide bonds. The molecule has 140 valence electrons. The highest BCUT2D eigenvalue weighted by molar-refractivity contribution is 7.91. The van der Waals surface area contributed by atoms with Gasteiger partial charge in [-0.15, -0.1) is 0 Å². The largest absolute Gasteiger partial charge is 0.365 e. The van der Waals surface area contributed by atoms with Crippen LogP contribution in [-0.2, 0) is 21.1 Å². The number of benzene rings is 1. The van der Waals surface area contributed by atoms with Crippen molar-refractivity contribution in [3.63, 3.8) is 0 Å². The summed E-state index contributed by atoms with van der Waals surface area (Å²) in [5, 5.41) is 0. The number of aromatic nitrogens is 1. The van der Waals surface area contributed by atoms with Gasteiger partial charge in [-0.3, -0.25) is 4.79 Å². The van der Waals surface area contributed by atoms with E-state index in [9.17, 15) is 13.2 Å². The first-order valence-corrected chi connectivity index (χ1v) is 10.3. The molecule has 0 aliphatic heterocycles. The molecule has 26 heavy (non-hydrogen) atoms. The van der Waals surface area contributed by atoms with Crippen LogP contribution >= 0.6 is 0 Å². The number of sulfone groups is 1. The van der Waals surface area contributed by atoms with E-state index in [0.717, 1.165) is 12.8 Å². The minimum atomic E-state index is -3.58. The number of nitrogens with zero attached hydrogens (tertiary/aromatic N) is 1. The third-order valence-electron chi connectivity index (χ3n) is 4.29. The number of pyridine rings is 1. The molecule has 1 aliphatic carbocycles. The van der Waals surface area contributed by atoms with E-state index in [1.54, 1.807) is 36.5 Å². The summed E-state index contributed by atoms with van der Waals surface area (Å²) in [6.45, 7) is 0.968. The van der Waals surface area contributed by atoms with Gasteiger partial charge in [0.25, 0.3) is 5.56 Å². The summed E-state index contributed by atoms with van der Waals surface area (Å²) in [6, 6.07) is 8.57. The molecule has 6 nitrogen and oxygen atoms in total. The monoisotopic (exact) mass is 376 g/mol. The second-order valence-corrected chi connectivity index (χ2v) is 8.93. The van der Waals surface area contributed by atoms with Gasteiger partial charge in [0, 0.05) is 23.9 Å². The normalized spacial score (nSPS) is 14.7. The summed E-state index contributed by atoms with van der Waals surface area (Å²) in [6.07, 6.45) is 3.78. The van der Waals surface area contributed by atoms with Crippen LogP contribution in [0.3, 0.4) is 0 Å². The maximum Gasteiger partial charge on any atom is 0.252 e. The van der Waals surface area contributed by atoms with Crippen LogP contribution in [0.15, 0.2) is 46.2 Å². The van der Waals surface area contributed by atoms with Gasteiger partial charge in [-0.25, -0.2) is 8.42 Å². The molecule has 0 radical (unpaired) electrons. The van der Waals surface area contributed by atoms with Crippen molar-refractivity contribution in [2.75, 3.05) is 26.6 Å². The molecular formula is C19H24N2O4S. The Morgan fingerprint density at radius 1 is 1.23 bits per heavy atom. The van der Waals surface area contributed by atoms with E-state index in [1.165, 1.54) is 0 Å². The average molecular weight is 376 g/mol. The van der Waals surface area contributed by atoms with E-state index >= 15 is 0 Å². The van der Waals surface area contributed by atoms with E-state index < -0.39 is 9.84 Å². The standard InChI is InChI=1S/C19H24N2O4S/c1-21(2)11-16-9-15(10-20-19(16)22)17-5-3-4-6-18(17)26(23,24)13-25-12-14-7-8-14/h3-6,9-10,14H,7-8,11-13H2,1-2H3,(H,20,22). The molecule has 0 bridgehead atoms. The van der Waals surface area contributed by atoms with E-state index in [2.05, 4.69) is 4.98 Å². The lowest BCUT2D eigenvalue weighted by molar-refractivity contribution is 0.165. The first-order chi connectivity index (χ1) is 12.4. The Bertz CT molecular complexity index is 931. The fourth-order valence-electron chi connectivity index (χ4n) is 2.79. The molecule has 0 saturated heterocycles. The van der Waals surface area contributed by atoms with Crippen molar-refractivity contribution >= 4 is 9.84 Å². The van der Waals surface area contributed by atoms with E-state index in [0.29, 0.717) is 35.8 Å². The van der Waals surface area contributed by atoms with Gasteiger partial charge in [0.2, 0.25) is 9.84 Å². The number of nitrogens with one attached hydrogen (secondary N) is 1. The predicted octanol–water partition coefficient (Wildman–Crippen LogP) is 2.26. The maximum atomic E-state index is 12.8. The highest BCUT2D eigenvalue weighted by Gasteiger charge is 2.24. The van der Waals surface area contributed by atoms with Crippen LogP contribution in [0.25, 0.3) is 11.1 Å². The second-order valence-electron chi connectivity index (χ2n) is 7.02. The number of aromatic amines is 1. The van der Waals surface area contributed by atoms with Crippen molar-refractivity contribution in [1.29, 1.82) is 0 Å². The Hall–Kier alpha value is -1.96. The summed E-state index contributed by atoms with van der Waals surface area (Å²) in [4.78, 5) is 16.8. The van der Waals surface area contributed by atoms with Crippen LogP contribution in [-0.4, -0.2) is 44.9 Å². The smallest absolute Gasteiger partial charge is 0.252 e. The Labute approximate surface area is 153 Å². The number of rotatable bonds is 8. The van der Waals surface area contributed by atoms with Crippen LogP contribution in [0.5, 0.6) is 0 Å². The third kappa shape index (κ3) is 4.60. The lowest BCUT2D eigenvalue weighted by atomic mass is 10.1. The first kappa shape index (κ1) is 18.8. The highest BCUT2D eigenvalue weighted by Crippen LogP contribution is 2.30. The molecule has 1 heterocycles. The summed E-state index contributed by atoms with van der Waals surface area (Å²) in [5.41, 5.74) is 1.65. The van der Waals surface area contributed by atoms with Gasteiger partial charge >= 0.3 is 0 Å². The van der Waals surface area contributed by atoms with Crippen molar-refractivity contribution in [1.82, 2.24) is 9.88 Å². The summed E-state index contributed by atoms with van der Waals surface area (Å²) < 4.78 is 30.9. The molecular weight excluding hydrogens is 352 g/mol. The molecule has 1 saturated carbocycles. The van der Waals surface area contributed by atoms with E-state index in [1.807, 2.05) is 19.0 Å². The van der Waals surface area contributed by atoms with Crippen molar-refractivity contribution < 1.29 is 13.2 Å². The number of hydrogen-bond acceptors (Lipinski definition) is 5. The molecule has 0 spiro atoms. The van der Waals surface area contributed by atoms with Gasteiger partial charge in [-0.2, -0.15) is 0 Å². The predicted molar refractivity (Wildman–Crippen MR) is 101 cm³/mol. The molecule has 3 rings (SSSR count). The lowest BCUT2D eigenvalue weighted by Gasteiger charge is -2.13. The maximum absolute atomic E-state index is 12.8. The van der Waals surface area contributed by atoms with Crippen molar-refractivity contribution in [2.45, 2.75) is 24.3 Å². The number of H-pyrrole nitrogens is 1. The number of hydrogen-bond donors (Lipinski definition) is 1. The van der Waals surface area contributed by atoms with Crippen molar-refractivity contribution in [3.05, 3.63) is 52.4 Å². The summed E-state index contributed by atoms with van der Waals surface area (Å²) in [5.74, 6) is 0.183. The van der Waals surface area contributed by atoms with Crippen LogP contribution in [0, 0.1) is 5.92 Å². The van der Waals surface area contributed by atoms with Crippen LogP contribution < -0.4 is 5.56 Å². The molecule has 1 aromatic carbocycles. The molecule has 1 aliphatic rings. The minimum absolute atomic E-state index is 0.171. The molecule has 1 aromatic heterocycles. The van der Waals surface area contributed by atoms with Gasteiger partial charge < -0.3 is 14.6 Å².